The molecule has 0 saturated heterocycles. The largest absolute Gasteiger partial charge is 0.385 e. The van der Waals surface area contributed by atoms with Crippen molar-refractivity contribution in [2.24, 2.45) is 0 Å². The molecular weight excluding hydrogens is 304 g/mol. The molecule has 1 aromatic rings. The average Bonchev–Trinajstić information content (AvgIpc) is 2.51. The third-order valence-corrected chi connectivity index (χ3v) is 3.83. The van der Waals surface area contributed by atoms with E-state index >= 15 is 0 Å². The van der Waals surface area contributed by atoms with E-state index in [-0.39, 0.29) is 23.7 Å². The summed E-state index contributed by atoms with van der Waals surface area (Å²) in [5, 5.41) is 2.84. The Bertz CT molecular complexity index is 533. The first-order valence-corrected chi connectivity index (χ1v) is 8.40. The molecule has 1 rings (SSSR count). The van der Waals surface area contributed by atoms with Crippen LogP contribution < -0.4 is 10.2 Å². The Labute approximate surface area is 145 Å². The van der Waals surface area contributed by atoms with Gasteiger partial charge < -0.3 is 15.0 Å². The second-order valence-electron chi connectivity index (χ2n) is 6.91. The summed E-state index contributed by atoms with van der Waals surface area (Å²) < 4.78 is 4.94. The summed E-state index contributed by atoms with van der Waals surface area (Å²) in [6, 6.07) is 7.96. The number of nitrogens with zero attached hydrogens (tertiary/aromatic N) is 1. The summed E-state index contributed by atoms with van der Waals surface area (Å²) in [6.07, 6.45) is 1.07. The number of carbonyl (C=O) groups is 2. The fraction of sp³-hybridized carbons (Fsp3) is 0.579. The molecule has 0 spiro atoms. The predicted molar refractivity (Wildman–Crippen MR) is 97.3 cm³/mol. The van der Waals surface area contributed by atoms with E-state index in [4.69, 9.17) is 4.74 Å². The summed E-state index contributed by atoms with van der Waals surface area (Å²) in [5.41, 5.74) is 2.11. The molecule has 0 aliphatic heterocycles. The quantitative estimate of drug-likeness (QED) is 0.744. The van der Waals surface area contributed by atoms with Gasteiger partial charge >= 0.3 is 0 Å². The number of ether oxygens (including phenoxy) is 1. The molecule has 5 heteroatoms. The first kappa shape index (κ1) is 20.2. The maximum absolute atomic E-state index is 11.9. The van der Waals surface area contributed by atoms with Crippen LogP contribution in [0.15, 0.2) is 24.3 Å². The molecule has 0 radical (unpaired) electrons. The van der Waals surface area contributed by atoms with Gasteiger partial charge in [0, 0.05) is 45.8 Å². The number of amides is 2. The zero-order valence-electron chi connectivity index (χ0n) is 15.5. The third kappa shape index (κ3) is 6.71. The summed E-state index contributed by atoms with van der Waals surface area (Å²) in [5.74, 6) is -0.116. The molecule has 0 aliphatic rings. The van der Waals surface area contributed by atoms with Crippen molar-refractivity contribution in [2.45, 2.75) is 46.0 Å². The first-order valence-electron chi connectivity index (χ1n) is 8.40. The van der Waals surface area contributed by atoms with Crippen LogP contribution in [0.3, 0.4) is 0 Å². The monoisotopic (exact) mass is 334 g/mol. The van der Waals surface area contributed by atoms with Gasteiger partial charge in [-0.25, -0.2) is 0 Å². The lowest BCUT2D eigenvalue weighted by atomic mass is 9.87. The number of rotatable bonds is 8. The Morgan fingerprint density at radius 3 is 2.29 bits per heavy atom. The lowest BCUT2D eigenvalue weighted by molar-refractivity contribution is -0.121. The lowest BCUT2D eigenvalue weighted by Crippen LogP contribution is -2.34. The van der Waals surface area contributed by atoms with Crippen molar-refractivity contribution in [1.29, 1.82) is 0 Å². The van der Waals surface area contributed by atoms with Crippen LogP contribution in [0.25, 0.3) is 0 Å². The minimum Gasteiger partial charge on any atom is -0.385 e. The molecule has 0 atom stereocenters. The van der Waals surface area contributed by atoms with Gasteiger partial charge in [-0.1, -0.05) is 32.9 Å². The van der Waals surface area contributed by atoms with E-state index < -0.39 is 0 Å². The highest BCUT2D eigenvalue weighted by molar-refractivity contribution is 5.92. The van der Waals surface area contributed by atoms with E-state index in [0.29, 0.717) is 19.7 Å². The predicted octanol–water partition coefficient (Wildman–Crippen LogP) is 2.88. The zero-order valence-corrected chi connectivity index (χ0v) is 15.5. The fourth-order valence-corrected chi connectivity index (χ4v) is 2.36. The molecule has 5 nitrogen and oxygen atoms in total. The van der Waals surface area contributed by atoms with Gasteiger partial charge in [0.25, 0.3) is 0 Å². The standard InChI is InChI=1S/C19H30N2O3/c1-15(22)21(13-11-18(23)20-12-6-14-24-5)17-9-7-16(8-10-17)19(2,3)4/h7-10H,6,11-14H2,1-5H3,(H,20,23). The minimum atomic E-state index is -0.0642. The molecule has 0 bridgehead atoms. The molecule has 2 amide bonds. The second kappa shape index (κ2) is 9.42. The van der Waals surface area contributed by atoms with Crippen LogP contribution >= 0.6 is 0 Å². The van der Waals surface area contributed by atoms with Crippen LogP contribution in [0.1, 0.15) is 46.1 Å². The summed E-state index contributed by atoms with van der Waals surface area (Å²) in [4.78, 5) is 25.4. The van der Waals surface area contributed by atoms with E-state index in [1.54, 1.807) is 12.0 Å². The van der Waals surface area contributed by atoms with Gasteiger partial charge in [0.2, 0.25) is 11.8 Å². The van der Waals surface area contributed by atoms with E-state index in [2.05, 4.69) is 26.1 Å². The van der Waals surface area contributed by atoms with Crippen molar-refractivity contribution >= 4 is 17.5 Å². The van der Waals surface area contributed by atoms with Gasteiger partial charge in [-0.2, -0.15) is 0 Å². The van der Waals surface area contributed by atoms with Crippen molar-refractivity contribution in [1.82, 2.24) is 5.32 Å². The van der Waals surface area contributed by atoms with Crippen LogP contribution in [-0.4, -0.2) is 38.6 Å². The molecule has 0 heterocycles. The maximum atomic E-state index is 11.9. The van der Waals surface area contributed by atoms with Gasteiger partial charge in [0.05, 0.1) is 0 Å². The van der Waals surface area contributed by atoms with Crippen LogP contribution in [0.5, 0.6) is 0 Å². The average molecular weight is 334 g/mol. The highest BCUT2D eigenvalue weighted by atomic mass is 16.5. The van der Waals surface area contributed by atoms with Crippen LogP contribution in [0.4, 0.5) is 5.69 Å². The Morgan fingerprint density at radius 2 is 1.79 bits per heavy atom. The van der Waals surface area contributed by atoms with Crippen LogP contribution in [0, 0.1) is 0 Å². The third-order valence-electron chi connectivity index (χ3n) is 3.83. The van der Waals surface area contributed by atoms with Crippen molar-refractivity contribution < 1.29 is 14.3 Å². The maximum Gasteiger partial charge on any atom is 0.223 e. The van der Waals surface area contributed by atoms with Gasteiger partial charge in [-0.3, -0.25) is 9.59 Å². The molecule has 24 heavy (non-hydrogen) atoms. The smallest absolute Gasteiger partial charge is 0.223 e. The number of nitrogens with one attached hydrogen (secondary N) is 1. The van der Waals surface area contributed by atoms with Crippen molar-refractivity contribution in [3.63, 3.8) is 0 Å². The Hall–Kier alpha value is -1.88. The topological polar surface area (TPSA) is 58.6 Å². The highest BCUT2D eigenvalue weighted by Gasteiger charge is 2.16. The number of hydrogen-bond donors (Lipinski definition) is 1. The molecule has 0 fully saturated rings. The molecule has 0 saturated carbocycles. The fourth-order valence-electron chi connectivity index (χ4n) is 2.36. The normalized spacial score (nSPS) is 11.2. The summed E-state index contributed by atoms with van der Waals surface area (Å²) in [6.45, 7) is 9.57. The van der Waals surface area contributed by atoms with Crippen LogP contribution in [0.2, 0.25) is 0 Å². The first-order chi connectivity index (χ1) is 11.3. The van der Waals surface area contributed by atoms with E-state index in [1.807, 2.05) is 24.3 Å². The van der Waals surface area contributed by atoms with Gasteiger partial charge in [-0.15, -0.1) is 0 Å². The van der Waals surface area contributed by atoms with Gasteiger partial charge in [-0.05, 0) is 29.5 Å². The molecule has 1 N–H and O–H groups in total. The Kier molecular flexibility index (Phi) is 7.92. The minimum absolute atomic E-state index is 0.0522. The van der Waals surface area contributed by atoms with E-state index in [9.17, 15) is 9.59 Å². The number of carbonyl (C=O) groups excluding carboxylic acids is 2. The molecule has 0 aliphatic carbocycles. The molecule has 0 aromatic heterocycles. The van der Waals surface area contributed by atoms with Crippen LogP contribution in [-0.2, 0) is 19.7 Å². The van der Waals surface area contributed by atoms with E-state index in [1.165, 1.54) is 12.5 Å². The van der Waals surface area contributed by atoms with Crippen molar-refractivity contribution in [2.75, 3.05) is 31.7 Å². The van der Waals surface area contributed by atoms with Crippen molar-refractivity contribution in [3.05, 3.63) is 29.8 Å². The second-order valence-corrected chi connectivity index (χ2v) is 6.91. The number of anilines is 1. The molecular formula is C19H30N2O3. The highest BCUT2D eigenvalue weighted by Crippen LogP contribution is 2.25. The number of hydrogen-bond acceptors (Lipinski definition) is 3. The Balaban J connectivity index is 2.61. The summed E-state index contributed by atoms with van der Waals surface area (Å²) >= 11 is 0. The molecule has 134 valence electrons. The number of benzene rings is 1. The summed E-state index contributed by atoms with van der Waals surface area (Å²) in [7, 11) is 1.64. The zero-order chi connectivity index (χ0) is 18.2. The lowest BCUT2D eigenvalue weighted by Gasteiger charge is -2.23. The van der Waals surface area contributed by atoms with Crippen molar-refractivity contribution in [3.8, 4) is 0 Å². The Morgan fingerprint density at radius 1 is 1.17 bits per heavy atom. The number of methoxy groups -OCH3 is 1. The SMILES string of the molecule is COCCCNC(=O)CCN(C(C)=O)c1ccc(C(C)(C)C)cc1. The van der Waals surface area contributed by atoms with E-state index in [0.717, 1.165) is 12.1 Å². The molecule has 0 unspecified atom stereocenters. The van der Waals surface area contributed by atoms with Gasteiger partial charge in [0.15, 0.2) is 0 Å². The van der Waals surface area contributed by atoms with Gasteiger partial charge in [0.1, 0.15) is 0 Å². The molecule has 1 aromatic carbocycles.